The molecule has 0 saturated carbocycles. The molecule has 0 amide bonds. The first-order valence-corrected chi connectivity index (χ1v) is 12.2. The van der Waals surface area contributed by atoms with E-state index in [1.165, 1.54) is 12.5 Å². The molecule has 0 aromatic heterocycles. The molecule has 0 aromatic carbocycles. The summed E-state index contributed by atoms with van der Waals surface area (Å²) in [5.74, 6) is -1.56. The van der Waals surface area contributed by atoms with Crippen LogP contribution in [0.2, 0.25) is 0 Å². The Labute approximate surface area is 196 Å². The highest BCUT2D eigenvalue weighted by atomic mass is 16.7. The number of esters is 2. The number of rotatable bonds is 5. The van der Waals surface area contributed by atoms with Crippen LogP contribution in [0.4, 0.5) is 0 Å². The van der Waals surface area contributed by atoms with Crippen LogP contribution in [0.3, 0.4) is 0 Å². The second-order valence-electron chi connectivity index (χ2n) is 10.8. The molecule has 184 valence electrons. The van der Waals surface area contributed by atoms with Crippen molar-refractivity contribution in [2.75, 3.05) is 0 Å². The fourth-order valence-electron chi connectivity index (χ4n) is 6.57. The Balaban J connectivity index is 1.72. The monoisotopic (exact) mass is 462 g/mol. The molecule has 4 aliphatic rings. The lowest BCUT2D eigenvalue weighted by atomic mass is 9.63. The van der Waals surface area contributed by atoms with Crippen LogP contribution in [-0.2, 0) is 28.5 Å². The number of carbonyl (C=O) groups is 2. The molecule has 3 aliphatic heterocycles. The summed E-state index contributed by atoms with van der Waals surface area (Å²) in [5, 5.41) is 11.5. The number of carbonyl (C=O) groups excluding carboxylic acids is 2. The van der Waals surface area contributed by atoms with Crippen molar-refractivity contribution < 1.29 is 33.6 Å². The molecule has 9 atom stereocenters. The summed E-state index contributed by atoms with van der Waals surface area (Å²) in [5.41, 5.74) is 0.785. The topological polar surface area (TPSA) is 91.3 Å². The Hall–Kier alpha value is -1.70. The van der Waals surface area contributed by atoms with Gasteiger partial charge in [0.25, 0.3) is 0 Å². The lowest BCUT2D eigenvalue weighted by Crippen LogP contribution is -2.55. The molecule has 0 unspecified atom stereocenters. The van der Waals surface area contributed by atoms with Gasteiger partial charge in [-0.2, -0.15) is 0 Å². The standard InChI is InChI=1S/C26H38O7/c1-8-18(30-16(6)27)24(28)32-20-12-26(29)15(5)11-19-21-14(4)9-10-17(13(2)3)22(21)23(31-19)25(20,7)33-26/h9,13,17-23,29H,5,8,10-12H2,1-4,6-7H3/t17-,18-,19-,20+,21-,22-,23-,25-,26+/m1/s1. The molecule has 3 saturated heterocycles. The largest absolute Gasteiger partial charge is 0.456 e. The normalized spacial score (nSPS) is 42.8. The van der Waals surface area contributed by atoms with E-state index in [1.807, 2.05) is 6.92 Å². The summed E-state index contributed by atoms with van der Waals surface area (Å²) in [6.45, 7) is 15.7. The van der Waals surface area contributed by atoms with E-state index in [0.29, 0.717) is 30.3 Å². The van der Waals surface area contributed by atoms with Crippen LogP contribution in [0, 0.1) is 23.7 Å². The van der Waals surface area contributed by atoms with Gasteiger partial charge in [-0.1, -0.05) is 39.0 Å². The van der Waals surface area contributed by atoms with Crippen LogP contribution in [0.15, 0.2) is 23.8 Å². The van der Waals surface area contributed by atoms with Crippen molar-refractivity contribution in [3.63, 3.8) is 0 Å². The van der Waals surface area contributed by atoms with E-state index < -0.39 is 35.5 Å². The van der Waals surface area contributed by atoms with Crippen molar-refractivity contribution in [3.05, 3.63) is 23.8 Å². The number of allylic oxidation sites excluding steroid dienone is 1. The van der Waals surface area contributed by atoms with Gasteiger partial charge in [0.05, 0.1) is 12.2 Å². The Morgan fingerprint density at radius 1 is 1.36 bits per heavy atom. The average molecular weight is 463 g/mol. The number of hydrogen-bond acceptors (Lipinski definition) is 7. The number of ether oxygens (including phenoxy) is 4. The summed E-state index contributed by atoms with van der Waals surface area (Å²) in [6, 6.07) is 0. The van der Waals surface area contributed by atoms with E-state index in [0.717, 1.165) is 6.42 Å². The van der Waals surface area contributed by atoms with Gasteiger partial charge in [-0.15, -0.1) is 0 Å². The highest BCUT2D eigenvalue weighted by Crippen LogP contribution is 2.59. The third-order valence-corrected chi connectivity index (χ3v) is 8.33. The zero-order valence-corrected chi connectivity index (χ0v) is 20.6. The van der Waals surface area contributed by atoms with Crippen molar-refractivity contribution in [1.29, 1.82) is 0 Å². The quantitative estimate of drug-likeness (QED) is 0.492. The molecule has 0 spiro atoms. The van der Waals surface area contributed by atoms with Gasteiger partial charge in [-0.3, -0.25) is 4.79 Å². The first kappa shape index (κ1) is 24.4. The van der Waals surface area contributed by atoms with Gasteiger partial charge in [0, 0.05) is 31.6 Å². The van der Waals surface area contributed by atoms with Gasteiger partial charge in [0.2, 0.25) is 0 Å². The molecular weight excluding hydrogens is 424 g/mol. The lowest BCUT2D eigenvalue weighted by molar-refractivity contribution is -0.251. The van der Waals surface area contributed by atoms with Crippen molar-refractivity contribution in [2.24, 2.45) is 23.7 Å². The van der Waals surface area contributed by atoms with Crippen molar-refractivity contribution in [3.8, 4) is 0 Å². The molecular formula is C26H38O7. The molecule has 7 nitrogen and oxygen atoms in total. The number of fused-ring (bicyclic) bond motifs is 8. The Kier molecular flexibility index (Phi) is 6.30. The van der Waals surface area contributed by atoms with E-state index in [1.54, 1.807) is 6.92 Å². The molecule has 3 fully saturated rings. The molecule has 4 rings (SSSR count). The second-order valence-corrected chi connectivity index (χ2v) is 10.8. The van der Waals surface area contributed by atoms with Crippen molar-refractivity contribution in [2.45, 2.75) is 103 Å². The fraction of sp³-hybridized carbons (Fsp3) is 0.769. The smallest absolute Gasteiger partial charge is 0.347 e. The van der Waals surface area contributed by atoms with Crippen LogP contribution >= 0.6 is 0 Å². The molecule has 1 N–H and O–H groups in total. The zero-order valence-electron chi connectivity index (χ0n) is 20.6. The van der Waals surface area contributed by atoms with Crippen LogP contribution in [0.25, 0.3) is 0 Å². The van der Waals surface area contributed by atoms with Crippen molar-refractivity contribution in [1.82, 2.24) is 0 Å². The number of hydrogen-bond donors (Lipinski definition) is 1. The fourth-order valence-corrected chi connectivity index (χ4v) is 6.57. The summed E-state index contributed by atoms with van der Waals surface area (Å²) in [6.07, 6.45) is 1.95. The molecule has 3 heterocycles. The van der Waals surface area contributed by atoms with E-state index in [-0.39, 0.29) is 30.5 Å². The van der Waals surface area contributed by atoms with Gasteiger partial charge in [0.1, 0.15) is 11.7 Å². The summed E-state index contributed by atoms with van der Waals surface area (Å²) >= 11 is 0. The molecule has 33 heavy (non-hydrogen) atoms. The third kappa shape index (κ3) is 3.96. The molecule has 1 aliphatic carbocycles. The van der Waals surface area contributed by atoms with Gasteiger partial charge in [-0.25, -0.2) is 4.79 Å². The average Bonchev–Trinajstić information content (AvgIpc) is 3.24. The molecule has 4 bridgehead atoms. The predicted octanol–water partition coefficient (Wildman–Crippen LogP) is 3.69. The molecule has 7 heteroatoms. The minimum Gasteiger partial charge on any atom is -0.456 e. The first-order valence-electron chi connectivity index (χ1n) is 12.2. The van der Waals surface area contributed by atoms with E-state index in [9.17, 15) is 14.7 Å². The lowest BCUT2D eigenvalue weighted by Gasteiger charge is -2.44. The summed E-state index contributed by atoms with van der Waals surface area (Å²) in [7, 11) is 0. The van der Waals surface area contributed by atoms with Gasteiger partial charge >= 0.3 is 11.9 Å². The zero-order chi connectivity index (χ0) is 24.3. The van der Waals surface area contributed by atoms with E-state index in [4.69, 9.17) is 18.9 Å². The van der Waals surface area contributed by atoms with Crippen LogP contribution < -0.4 is 0 Å². The Morgan fingerprint density at radius 2 is 2.06 bits per heavy atom. The Morgan fingerprint density at radius 3 is 2.67 bits per heavy atom. The van der Waals surface area contributed by atoms with Crippen LogP contribution in [0.1, 0.15) is 67.2 Å². The number of aliphatic hydroxyl groups is 1. The first-order chi connectivity index (χ1) is 15.4. The SMILES string of the molecule is C=C1C[C@H]2O[C@H]([C@H]3[C@@H]2C(C)=CC[C@@H]3C(C)C)[C@]2(C)O[C@@]1(O)C[C@@H]2OC(=O)[C@@H](CC)OC(C)=O. The highest BCUT2D eigenvalue weighted by molar-refractivity contribution is 5.78. The Bertz CT molecular complexity index is 863. The van der Waals surface area contributed by atoms with Gasteiger partial charge in [0.15, 0.2) is 11.9 Å². The van der Waals surface area contributed by atoms with Gasteiger partial charge < -0.3 is 24.1 Å². The molecule has 0 radical (unpaired) electrons. The second kappa shape index (κ2) is 8.51. The third-order valence-electron chi connectivity index (χ3n) is 8.33. The summed E-state index contributed by atoms with van der Waals surface area (Å²) < 4.78 is 24.1. The maximum atomic E-state index is 13.0. The maximum absolute atomic E-state index is 13.0. The molecule has 0 aromatic rings. The maximum Gasteiger partial charge on any atom is 0.347 e. The van der Waals surface area contributed by atoms with E-state index in [2.05, 4.69) is 33.4 Å². The van der Waals surface area contributed by atoms with Gasteiger partial charge in [-0.05, 0) is 44.1 Å². The van der Waals surface area contributed by atoms with Crippen molar-refractivity contribution >= 4 is 11.9 Å². The highest BCUT2D eigenvalue weighted by Gasteiger charge is 2.68. The van der Waals surface area contributed by atoms with Crippen LogP contribution in [0.5, 0.6) is 0 Å². The van der Waals surface area contributed by atoms with Crippen LogP contribution in [-0.4, -0.2) is 52.8 Å². The predicted molar refractivity (Wildman–Crippen MR) is 121 cm³/mol. The minimum atomic E-state index is -1.60. The minimum absolute atomic E-state index is 0.0791. The van der Waals surface area contributed by atoms with E-state index >= 15 is 0 Å². The summed E-state index contributed by atoms with van der Waals surface area (Å²) in [4.78, 5) is 24.4.